The van der Waals surface area contributed by atoms with Crippen LogP contribution < -0.4 is 4.74 Å². The first-order valence-electron chi connectivity index (χ1n) is 7.16. The maximum absolute atomic E-state index is 12.2. The van der Waals surface area contributed by atoms with Gasteiger partial charge < -0.3 is 4.74 Å². The highest BCUT2D eigenvalue weighted by molar-refractivity contribution is 7.91. The molecule has 0 fully saturated rings. The molecule has 0 amide bonds. The summed E-state index contributed by atoms with van der Waals surface area (Å²) in [6.45, 7) is 6.10. The summed E-state index contributed by atoms with van der Waals surface area (Å²) in [5.41, 5.74) is 0.581. The first-order chi connectivity index (χ1) is 10.0. The number of hydrogen-bond acceptors (Lipinski definition) is 4. The Bertz CT molecular complexity index is 681. The summed E-state index contributed by atoms with van der Waals surface area (Å²) in [5.74, 6) is 0.726. The lowest BCUT2D eigenvalue weighted by Gasteiger charge is -2.09. The topological polar surface area (TPSA) is 56.3 Å². The molecule has 0 saturated carbocycles. The van der Waals surface area contributed by atoms with Gasteiger partial charge in [0.25, 0.3) is 0 Å². The summed E-state index contributed by atoms with van der Waals surface area (Å²) in [6.07, 6.45) is 3.47. The molecule has 0 aliphatic heterocycles. The number of fused-ring (bicyclic) bond motifs is 1. The van der Waals surface area contributed by atoms with Crippen LogP contribution in [0.4, 0.5) is 0 Å². The van der Waals surface area contributed by atoms with Crippen LogP contribution in [0.15, 0.2) is 35.4 Å². The Morgan fingerprint density at radius 2 is 1.81 bits per heavy atom. The molecule has 0 spiro atoms. The lowest BCUT2D eigenvalue weighted by atomic mass is 10.2. The van der Waals surface area contributed by atoms with Crippen LogP contribution in [0.25, 0.3) is 10.9 Å². The summed E-state index contributed by atoms with van der Waals surface area (Å²) < 4.78 is 29.6. The summed E-state index contributed by atoms with van der Waals surface area (Å²) in [4.78, 5) is 4.52. The number of pyridine rings is 1. The predicted molar refractivity (Wildman–Crippen MR) is 86.6 cm³/mol. The third-order valence-corrected chi connectivity index (χ3v) is 4.69. The molecule has 0 unspecified atom stereocenters. The first-order valence-corrected chi connectivity index (χ1v) is 8.81. The van der Waals surface area contributed by atoms with Crippen LogP contribution >= 0.6 is 0 Å². The van der Waals surface area contributed by atoms with Gasteiger partial charge in [-0.25, -0.2) is 8.42 Å². The molecule has 21 heavy (non-hydrogen) atoms. The number of nitrogens with zero attached hydrogens (tertiary/aromatic N) is 1. The summed E-state index contributed by atoms with van der Waals surface area (Å²) in [5, 5.41) is 0.616. The van der Waals surface area contributed by atoms with E-state index in [-0.39, 0.29) is 5.75 Å². The molecule has 0 N–H and O–H groups in total. The monoisotopic (exact) mass is 309 g/mol. The standard InChI is InChI=1S/C13H15NO3S.C3H8/c1-3-9-18(15,16)12-7-6-11(17-2)13-10(12)5-4-8-14-13;1-3-2/h4-8H,3,9H2,1-2H3;3H2,1-2H3. The van der Waals surface area contributed by atoms with Gasteiger partial charge in [0.1, 0.15) is 11.3 Å². The molecule has 2 aromatic rings. The van der Waals surface area contributed by atoms with Gasteiger partial charge in [-0.1, -0.05) is 27.2 Å². The molecule has 1 heterocycles. The van der Waals surface area contributed by atoms with Crippen molar-refractivity contribution in [1.29, 1.82) is 0 Å². The van der Waals surface area contributed by atoms with Crippen molar-refractivity contribution in [3.8, 4) is 5.75 Å². The normalized spacial score (nSPS) is 10.9. The number of sulfone groups is 1. The molecule has 2 rings (SSSR count). The van der Waals surface area contributed by atoms with Gasteiger partial charge in [-0.05, 0) is 30.7 Å². The third kappa shape index (κ3) is 4.17. The van der Waals surface area contributed by atoms with Crippen molar-refractivity contribution in [2.24, 2.45) is 0 Å². The maximum Gasteiger partial charge on any atom is 0.179 e. The lowest BCUT2D eigenvalue weighted by Crippen LogP contribution is -2.07. The van der Waals surface area contributed by atoms with E-state index in [1.807, 2.05) is 6.92 Å². The van der Waals surface area contributed by atoms with Crippen molar-refractivity contribution in [2.45, 2.75) is 38.5 Å². The molecule has 5 heteroatoms. The van der Waals surface area contributed by atoms with Crippen molar-refractivity contribution in [1.82, 2.24) is 4.98 Å². The molecule has 0 saturated heterocycles. The van der Waals surface area contributed by atoms with Crippen LogP contribution in [0.1, 0.15) is 33.6 Å². The van der Waals surface area contributed by atoms with Gasteiger partial charge in [-0.2, -0.15) is 0 Å². The van der Waals surface area contributed by atoms with Crippen molar-refractivity contribution in [3.05, 3.63) is 30.5 Å². The fourth-order valence-corrected chi connectivity index (χ4v) is 3.47. The minimum Gasteiger partial charge on any atom is -0.494 e. The number of hydrogen-bond donors (Lipinski definition) is 0. The Hall–Kier alpha value is -1.62. The van der Waals surface area contributed by atoms with E-state index in [9.17, 15) is 8.42 Å². The van der Waals surface area contributed by atoms with E-state index >= 15 is 0 Å². The third-order valence-electron chi connectivity index (χ3n) is 2.72. The van der Waals surface area contributed by atoms with E-state index in [4.69, 9.17) is 4.74 Å². The number of aromatic nitrogens is 1. The van der Waals surface area contributed by atoms with E-state index in [2.05, 4.69) is 18.8 Å². The van der Waals surface area contributed by atoms with E-state index in [0.29, 0.717) is 28.0 Å². The minimum absolute atomic E-state index is 0.142. The molecule has 0 aliphatic carbocycles. The molecule has 0 radical (unpaired) electrons. The van der Waals surface area contributed by atoms with Crippen LogP contribution in [0.3, 0.4) is 0 Å². The molecule has 1 aromatic heterocycles. The zero-order valence-electron chi connectivity index (χ0n) is 13.1. The molecule has 0 aliphatic rings. The highest BCUT2D eigenvalue weighted by atomic mass is 32.2. The van der Waals surface area contributed by atoms with Gasteiger partial charge in [-0.3, -0.25) is 4.98 Å². The second-order valence-electron chi connectivity index (χ2n) is 4.69. The molecule has 4 nitrogen and oxygen atoms in total. The second-order valence-corrected chi connectivity index (χ2v) is 6.77. The summed E-state index contributed by atoms with van der Waals surface area (Å²) in [7, 11) is -1.71. The predicted octanol–water partition coefficient (Wildman–Crippen LogP) is 3.84. The zero-order chi connectivity index (χ0) is 15.9. The Balaban J connectivity index is 0.000000677. The number of methoxy groups -OCH3 is 1. The second kappa shape index (κ2) is 7.98. The van der Waals surface area contributed by atoms with Gasteiger partial charge in [0, 0.05) is 11.6 Å². The Morgan fingerprint density at radius 1 is 1.14 bits per heavy atom. The first kappa shape index (κ1) is 17.4. The Labute approximate surface area is 127 Å². The number of ether oxygens (including phenoxy) is 1. The summed E-state index contributed by atoms with van der Waals surface area (Å²) >= 11 is 0. The van der Waals surface area contributed by atoms with Crippen molar-refractivity contribution in [2.75, 3.05) is 12.9 Å². The van der Waals surface area contributed by atoms with E-state index < -0.39 is 9.84 Å². The Kier molecular flexibility index (Phi) is 6.62. The fraction of sp³-hybridized carbons (Fsp3) is 0.438. The smallest absolute Gasteiger partial charge is 0.179 e. The maximum atomic E-state index is 12.2. The highest BCUT2D eigenvalue weighted by Crippen LogP contribution is 2.29. The van der Waals surface area contributed by atoms with Crippen LogP contribution in [-0.4, -0.2) is 26.3 Å². The van der Waals surface area contributed by atoms with Crippen LogP contribution in [-0.2, 0) is 9.84 Å². The highest BCUT2D eigenvalue weighted by Gasteiger charge is 2.18. The number of rotatable bonds is 4. The van der Waals surface area contributed by atoms with Gasteiger partial charge in [0.05, 0.1) is 17.8 Å². The van der Waals surface area contributed by atoms with E-state index in [0.717, 1.165) is 0 Å². The molecular weight excluding hydrogens is 286 g/mol. The molecule has 0 bridgehead atoms. The zero-order valence-corrected chi connectivity index (χ0v) is 13.9. The SMILES string of the molecule is CCC.CCCS(=O)(=O)c1ccc(OC)c2ncccc12. The quantitative estimate of drug-likeness (QED) is 0.861. The van der Waals surface area contributed by atoms with Gasteiger partial charge in [0.15, 0.2) is 9.84 Å². The average Bonchev–Trinajstić information content (AvgIpc) is 2.46. The number of benzene rings is 1. The summed E-state index contributed by atoms with van der Waals surface area (Å²) in [6, 6.07) is 6.73. The molecule has 0 atom stereocenters. The van der Waals surface area contributed by atoms with Crippen molar-refractivity contribution < 1.29 is 13.2 Å². The van der Waals surface area contributed by atoms with Gasteiger partial charge in [0.2, 0.25) is 0 Å². The fourth-order valence-electron chi connectivity index (χ4n) is 1.94. The minimum atomic E-state index is -3.26. The Morgan fingerprint density at radius 3 is 2.38 bits per heavy atom. The van der Waals surface area contributed by atoms with Gasteiger partial charge >= 0.3 is 0 Å². The van der Waals surface area contributed by atoms with Crippen molar-refractivity contribution >= 4 is 20.7 Å². The lowest BCUT2D eigenvalue weighted by molar-refractivity contribution is 0.418. The largest absolute Gasteiger partial charge is 0.494 e. The van der Waals surface area contributed by atoms with Crippen LogP contribution in [0.5, 0.6) is 5.75 Å². The molecular formula is C16H23NO3S. The average molecular weight is 309 g/mol. The van der Waals surface area contributed by atoms with Gasteiger partial charge in [-0.15, -0.1) is 0 Å². The van der Waals surface area contributed by atoms with E-state index in [1.165, 1.54) is 6.42 Å². The van der Waals surface area contributed by atoms with E-state index in [1.54, 1.807) is 37.6 Å². The molecule has 116 valence electrons. The van der Waals surface area contributed by atoms with Crippen molar-refractivity contribution in [3.63, 3.8) is 0 Å². The van der Waals surface area contributed by atoms with Crippen LogP contribution in [0.2, 0.25) is 0 Å². The molecule has 1 aromatic carbocycles. The van der Waals surface area contributed by atoms with Crippen LogP contribution in [0, 0.1) is 0 Å².